The number of anilines is 2. The maximum atomic E-state index is 12.0. The zero-order valence-electron chi connectivity index (χ0n) is 13.6. The molecule has 0 spiro atoms. The Labute approximate surface area is 150 Å². The Morgan fingerprint density at radius 1 is 1.08 bits per heavy atom. The summed E-state index contributed by atoms with van der Waals surface area (Å²) in [4.78, 5) is 24.0. The predicted octanol–water partition coefficient (Wildman–Crippen LogP) is 3.64. The van der Waals surface area contributed by atoms with Crippen LogP contribution in [0, 0.1) is 0 Å². The van der Waals surface area contributed by atoms with E-state index in [2.05, 4.69) is 31.9 Å². The Balaban J connectivity index is 1.93. The summed E-state index contributed by atoms with van der Waals surface area (Å²) in [5, 5.41) is 8.68. The van der Waals surface area contributed by atoms with E-state index < -0.39 is 0 Å². The van der Waals surface area contributed by atoms with E-state index in [9.17, 15) is 9.59 Å². The van der Waals surface area contributed by atoms with Crippen molar-refractivity contribution >= 4 is 39.1 Å². The highest BCUT2D eigenvalue weighted by atomic mass is 79.9. The Kier molecular flexibility index (Phi) is 6.37. The van der Waals surface area contributed by atoms with Crippen LogP contribution in [0.2, 0.25) is 0 Å². The molecule has 0 aromatic heterocycles. The van der Waals surface area contributed by atoms with E-state index in [0.717, 1.165) is 10.2 Å². The first-order valence-electron chi connectivity index (χ1n) is 7.65. The molecular weight excluding hydrogens is 370 g/mol. The summed E-state index contributed by atoms with van der Waals surface area (Å²) in [7, 11) is 0. The number of halogens is 1. The van der Waals surface area contributed by atoms with E-state index in [0.29, 0.717) is 11.3 Å². The molecule has 6 heteroatoms. The molecule has 0 fully saturated rings. The molecule has 0 saturated heterocycles. The molecule has 0 aliphatic heterocycles. The van der Waals surface area contributed by atoms with E-state index in [1.165, 1.54) is 0 Å². The van der Waals surface area contributed by atoms with Crippen molar-refractivity contribution in [1.82, 2.24) is 5.32 Å². The minimum Gasteiger partial charge on any atom is -0.376 e. The number of amides is 2. The molecular formula is C18H20BrN3O2. The Bertz CT molecular complexity index is 732. The summed E-state index contributed by atoms with van der Waals surface area (Å²) in [5.74, 6) is -0.301. The lowest BCUT2D eigenvalue weighted by Crippen LogP contribution is -2.30. The summed E-state index contributed by atoms with van der Waals surface area (Å²) in [6.45, 7) is 3.93. The Hall–Kier alpha value is -2.34. The van der Waals surface area contributed by atoms with Crippen molar-refractivity contribution in [2.24, 2.45) is 0 Å². The summed E-state index contributed by atoms with van der Waals surface area (Å²) >= 11 is 3.39. The van der Waals surface area contributed by atoms with Crippen molar-refractivity contribution in [3.8, 4) is 0 Å². The monoisotopic (exact) mass is 389 g/mol. The fourth-order valence-corrected chi connectivity index (χ4v) is 2.44. The normalized spacial score (nSPS) is 10.3. The average molecular weight is 390 g/mol. The molecule has 2 rings (SSSR count). The third-order valence-electron chi connectivity index (χ3n) is 3.15. The van der Waals surface area contributed by atoms with Crippen molar-refractivity contribution in [2.45, 2.75) is 19.9 Å². The molecule has 0 unspecified atom stereocenters. The highest BCUT2D eigenvalue weighted by Crippen LogP contribution is 2.21. The van der Waals surface area contributed by atoms with E-state index in [-0.39, 0.29) is 24.4 Å². The zero-order chi connectivity index (χ0) is 17.5. The molecule has 0 aliphatic carbocycles. The Morgan fingerprint density at radius 2 is 1.83 bits per heavy atom. The maximum Gasteiger partial charge on any atom is 0.251 e. The number of para-hydroxylation sites is 1. The van der Waals surface area contributed by atoms with Crippen LogP contribution in [0.25, 0.3) is 0 Å². The number of rotatable bonds is 6. The van der Waals surface area contributed by atoms with Crippen LogP contribution in [0.15, 0.2) is 53.0 Å². The van der Waals surface area contributed by atoms with Crippen molar-refractivity contribution in [1.29, 1.82) is 0 Å². The quantitative estimate of drug-likeness (QED) is 0.706. The third kappa shape index (κ3) is 5.38. The van der Waals surface area contributed by atoms with Crippen molar-refractivity contribution in [3.05, 3.63) is 58.6 Å². The number of carbonyl (C=O) groups is 2. The molecule has 0 atom stereocenters. The van der Waals surface area contributed by atoms with Gasteiger partial charge in [0.05, 0.1) is 12.2 Å². The van der Waals surface area contributed by atoms with Crippen LogP contribution in [-0.2, 0) is 4.79 Å². The van der Waals surface area contributed by atoms with Gasteiger partial charge in [-0.1, -0.05) is 18.2 Å². The average Bonchev–Trinajstić information content (AvgIpc) is 2.55. The van der Waals surface area contributed by atoms with Crippen LogP contribution >= 0.6 is 15.9 Å². The van der Waals surface area contributed by atoms with E-state index in [1.807, 2.05) is 44.2 Å². The second-order valence-electron chi connectivity index (χ2n) is 5.59. The first-order valence-corrected chi connectivity index (χ1v) is 8.44. The molecule has 126 valence electrons. The summed E-state index contributed by atoms with van der Waals surface area (Å²) in [5.41, 5.74) is 1.99. The van der Waals surface area contributed by atoms with Crippen LogP contribution in [-0.4, -0.2) is 24.4 Å². The molecule has 5 nitrogen and oxygen atoms in total. The second-order valence-corrected chi connectivity index (χ2v) is 6.44. The highest BCUT2D eigenvalue weighted by Gasteiger charge is 2.08. The van der Waals surface area contributed by atoms with Crippen LogP contribution < -0.4 is 16.0 Å². The lowest BCUT2D eigenvalue weighted by molar-refractivity contribution is -0.114. The minimum atomic E-state index is -0.168. The molecule has 0 aliphatic rings. The smallest absolute Gasteiger partial charge is 0.251 e. The molecule has 0 bridgehead atoms. The summed E-state index contributed by atoms with van der Waals surface area (Å²) in [6, 6.07) is 14.5. The fraction of sp³-hybridized carbons (Fsp3) is 0.222. The molecule has 24 heavy (non-hydrogen) atoms. The van der Waals surface area contributed by atoms with Gasteiger partial charge in [0.2, 0.25) is 5.91 Å². The number of nitrogens with one attached hydrogen (secondary N) is 3. The fourth-order valence-electron chi connectivity index (χ4n) is 2.06. The van der Waals surface area contributed by atoms with Gasteiger partial charge in [0.15, 0.2) is 0 Å². The SMILES string of the molecule is CC(C)NC(=O)c1cccc(NCC(=O)Nc2ccccc2Br)c1. The van der Waals surface area contributed by atoms with Gasteiger partial charge in [-0.3, -0.25) is 9.59 Å². The van der Waals surface area contributed by atoms with Gasteiger partial charge in [0.25, 0.3) is 5.91 Å². The number of hydrogen-bond donors (Lipinski definition) is 3. The topological polar surface area (TPSA) is 70.2 Å². The number of hydrogen-bond acceptors (Lipinski definition) is 3. The Morgan fingerprint density at radius 3 is 2.54 bits per heavy atom. The lowest BCUT2D eigenvalue weighted by Gasteiger charge is -2.11. The van der Waals surface area contributed by atoms with Gasteiger partial charge in [-0.2, -0.15) is 0 Å². The number of carbonyl (C=O) groups excluding carboxylic acids is 2. The van der Waals surface area contributed by atoms with Crippen molar-refractivity contribution in [2.75, 3.05) is 17.2 Å². The highest BCUT2D eigenvalue weighted by molar-refractivity contribution is 9.10. The molecule has 0 radical (unpaired) electrons. The molecule has 2 amide bonds. The van der Waals surface area contributed by atoms with E-state index >= 15 is 0 Å². The van der Waals surface area contributed by atoms with Crippen LogP contribution in [0.5, 0.6) is 0 Å². The zero-order valence-corrected chi connectivity index (χ0v) is 15.2. The second kappa shape index (κ2) is 8.49. The number of benzene rings is 2. The lowest BCUT2D eigenvalue weighted by atomic mass is 10.1. The molecule has 3 N–H and O–H groups in total. The predicted molar refractivity (Wildman–Crippen MR) is 100 cm³/mol. The van der Waals surface area contributed by atoms with Gasteiger partial charge < -0.3 is 16.0 Å². The van der Waals surface area contributed by atoms with E-state index in [4.69, 9.17) is 0 Å². The third-order valence-corrected chi connectivity index (χ3v) is 3.84. The van der Waals surface area contributed by atoms with Gasteiger partial charge in [-0.25, -0.2) is 0 Å². The standard InChI is InChI=1S/C18H20BrN3O2/c1-12(2)21-18(24)13-6-5-7-14(10-13)20-11-17(23)22-16-9-4-3-8-15(16)19/h3-10,12,20H,11H2,1-2H3,(H,21,24)(H,22,23). The van der Waals surface area contributed by atoms with Crippen LogP contribution in [0.4, 0.5) is 11.4 Å². The molecule has 2 aromatic carbocycles. The molecule has 2 aromatic rings. The van der Waals surface area contributed by atoms with Gasteiger partial charge in [-0.05, 0) is 60.1 Å². The minimum absolute atomic E-state index is 0.0733. The van der Waals surface area contributed by atoms with Crippen molar-refractivity contribution < 1.29 is 9.59 Å². The van der Waals surface area contributed by atoms with E-state index in [1.54, 1.807) is 18.2 Å². The van der Waals surface area contributed by atoms with Crippen LogP contribution in [0.3, 0.4) is 0 Å². The first-order chi connectivity index (χ1) is 11.5. The summed E-state index contributed by atoms with van der Waals surface area (Å²) < 4.78 is 0.825. The van der Waals surface area contributed by atoms with Gasteiger partial charge >= 0.3 is 0 Å². The first kappa shape index (κ1) is 18.0. The maximum absolute atomic E-state index is 12.0. The van der Waals surface area contributed by atoms with Gasteiger partial charge in [0.1, 0.15) is 0 Å². The van der Waals surface area contributed by atoms with Crippen molar-refractivity contribution in [3.63, 3.8) is 0 Å². The van der Waals surface area contributed by atoms with Gasteiger partial charge in [-0.15, -0.1) is 0 Å². The molecule has 0 saturated carbocycles. The largest absolute Gasteiger partial charge is 0.376 e. The molecule has 0 heterocycles. The summed E-state index contributed by atoms with van der Waals surface area (Å²) in [6.07, 6.45) is 0. The van der Waals surface area contributed by atoms with Crippen LogP contribution in [0.1, 0.15) is 24.2 Å². The van der Waals surface area contributed by atoms with Gasteiger partial charge in [0, 0.05) is 21.8 Å².